The van der Waals surface area contributed by atoms with Gasteiger partial charge in [0.2, 0.25) is 0 Å². The Morgan fingerprint density at radius 1 is 0.900 bits per heavy atom. The second-order valence-electron chi connectivity index (χ2n) is 5.90. The van der Waals surface area contributed by atoms with E-state index >= 15 is 0 Å². The maximum Gasteiger partial charge on any atom is 1.00 e. The van der Waals surface area contributed by atoms with Crippen molar-refractivity contribution in [2.75, 3.05) is 0 Å². The average molecular weight is 466 g/mol. The van der Waals surface area contributed by atoms with Crippen molar-refractivity contribution >= 4 is 42.4 Å². The first-order valence-corrected chi connectivity index (χ1v) is 10.5. The SMILES string of the molecule is Cc1ccc(N=Nc2c([O-])c(S(=O)(=O)O)cc3cc(S(=O)(=O)[O-])ccc23)cc1.[Na+].[Na+]. The average Bonchev–Trinajstić information content (AvgIpc) is 2.60. The summed E-state index contributed by atoms with van der Waals surface area (Å²) in [6.45, 7) is 1.86. The van der Waals surface area contributed by atoms with Crippen molar-refractivity contribution in [2.24, 2.45) is 10.2 Å². The molecule has 0 saturated carbocycles. The Morgan fingerprint density at radius 2 is 1.50 bits per heavy atom. The van der Waals surface area contributed by atoms with Gasteiger partial charge in [-0.2, -0.15) is 18.6 Å². The summed E-state index contributed by atoms with van der Waals surface area (Å²) in [5, 5.41) is 20.2. The molecule has 0 aliphatic rings. The molecule has 0 radical (unpaired) electrons. The molecule has 3 aromatic rings. The number of nitrogens with zero attached hydrogens (tertiary/aromatic N) is 2. The molecule has 0 aliphatic carbocycles. The topological polar surface area (TPSA) is 159 Å². The van der Waals surface area contributed by atoms with Crippen LogP contribution in [0.15, 0.2) is 68.6 Å². The Bertz CT molecular complexity index is 1320. The fourth-order valence-corrected chi connectivity index (χ4v) is 3.60. The number of azo groups is 1. The minimum Gasteiger partial charge on any atom is -0.870 e. The molecule has 3 rings (SSSR count). The maximum atomic E-state index is 12.5. The Morgan fingerprint density at radius 3 is 2.03 bits per heavy atom. The second-order valence-corrected chi connectivity index (χ2v) is 8.67. The van der Waals surface area contributed by atoms with Gasteiger partial charge in [-0.15, -0.1) is 0 Å². The van der Waals surface area contributed by atoms with Gasteiger partial charge >= 0.3 is 59.1 Å². The summed E-state index contributed by atoms with van der Waals surface area (Å²) in [4.78, 5) is -1.63. The van der Waals surface area contributed by atoms with Crippen molar-refractivity contribution in [3.8, 4) is 5.75 Å². The van der Waals surface area contributed by atoms with Crippen LogP contribution in [0.1, 0.15) is 5.56 Å². The first-order chi connectivity index (χ1) is 13.0. The zero-order valence-corrected chi connectivity index (χ0v) is 21.9. The van der Waals surface area contributed by atoms with Gasteiger partial charge in [-0.25, -0.2) is 8.42 Å². The van der Waals surface area contributed by atoms with Gasteiger partial charge in [0.05, 0.1) is 21.2 Å². The van der Waals surface area contributed by atoms with Crippen molar-refractivity contribution in [1.82, 2.24) is 0 Å². The molecule has 0 bridgehead atoms. The predicted octanol–water partition coefficient (Wildman–Crippen LogP) is -3.20. The van der Waals surface area contributed by atoms with Gasteiger partial charge in [0.15, 0.2) is 0 Å². The van der Waals surface area contributed by atoms with Crippen LogP contribution in [0.25, 0.3) is 10.8 Å². The summed E-state index contributed by atoms with van der Waals surface area (Å²) in [6.07, 6.45) is 0. The number of fused-ring (bicyclic) bond motifs is 1. The molecule has 1 N–H and O–H groups in total. The summed E-state index contributed by atoms with van der Waals surface area (Å²) < 4.78 is 66.1. The monoisotopic (exact) mass is 466 g/mol. The van der Waals surface area contributed by atoms with Crippen LogP contribution in [0.4, 0.5) is 11.4 Å². The van der Waals surface area contributed by atoms with Crippen LogP contribution in [-0.4, -0.2) is 25.9 Å². The van der Waals surface area contributed by atoms with Gasteiger partial charge in [0.1, 0.15) is 10.1 Å². The zero-order valence-electron chi connectivity index (χ0n) is 16.2. The van der Waals surface area contributed by atoms with E-state index in [2.05, 4.69) is 10.2 Å². The van der Waals surface area contributed by atoms with Crippen molar-refractivity contribution in [1.29, 1.82) is 0 Å². The normalized spacial score (nSPS) is 11.8. The van der Waals surface area contributed by atoms with E-state index in [1.807, 2.05) is 6.92 Å². The Kier molecular flexibility index (Phi) is 9.21. The zero-order chi connectivity index (χ0) is 20.7. The van der Waals surface area contributed by atoms with E-state index in [4.69, 9.17) is 0 Å². The predicted molar refractivity (Wildman–Crippen MR) is 96.5 cm³/mol. The molecule has 146 valence electrons. The molecular formula is C17H12N2Na2O7S2. The summed E-state index contributed by atoms with van der Waals surface area (Å²) in [5.41, 5.74) is 0.934. The smallest absolute Gasteiger partial charge is 0.870 e. The van der Waals surface area contributed by atoms with Crippen molar-refractivity contribution < 1.29 is 90.2 Å². The molecule has 0 atom stereocenters. The maximum absolute atomic E-state index is 12.5. The number of hydrogen-bond donors (Lipinski definition) is 1. The molecule has 3 aromatic carbocycles. The first-order valence-electron chi connectivity index (χ1n) is 7.66. The molecule has 13 heteroatoms. The molecule has 0 aliphatic heterocycles. The van der Waals surface area contributed by atoms with Crippen molar-refractivity contribution in [3.05, 3.63) is 54.1 Å². The van der Waals surface area contributed by atoms with E-state index in [1.165, 1.54) is 0 Å². The van der Waals surface area contributed by atoms with Crippen LogP contribution in [-0.2, 0) is 20.2 Å². The van der Waals surface area contributed by atoms with Gasteiger partial charge in [-0.1, -0.05) is 29.5 Å². The number of rotatable bonds is 4. The second kappa shape index (κ2) is 10.2. The minimum absolute atomic E-state index is 0. The van der Waals surface area contributed by atoms with E-state index in [0.717, 1.165) is 29.8 Å². The summed E-state index contributed by atoms with van der Waals surface area (Å²) in [5.74, 6) is -1.11. The molecule has 0 unspecified atom stereocenters. The van der Waals surface area contributed by atoms with E-state index < -0.39 is 41.5 Å². The van der Waals surface area contributed by atoms with Crippen molar-refractivity contribution in [3.63, 3.8) is 0 Å². The summed E-state index contributed by atoms with van der Waals surface area (Å²) >= 11 is 0. The molecule has 0 aromatic heterocycles. The van der Waals surface area contributed by atoms with Crippen LogP contribution in [0.5, 0.6) is 5.75 Å². The van der Waals surface area contributed by atoms with Gasteiger partial charge in [-0.3, -0.25) is 4.55 Å². The third-order valence-corrected chi connectivity index (χ3v) is 5.56. The van der Waals surface area contributed by atoms with E-state index in [-0.39, 0.29) is 69.9 Å². The fraction of sp³-hybridized carbons (Fsp3) is 0.0588. The number of benzene rings is 3. The minimum atomic E-state index is -4.93. The standard InChI is InChI=1S/C17H14N2O7S2.2Na/c1-10-2-4-12(5-3-10)18-19-16-14-7-6-13(27(21,22)23)8-11(14)9-15(17(16)20)28(24,25)26;;/h2-9,20H,1H3,(H,21,22,23)(H,24,25,26);;/q;2*+1/p-2. The quantitative estimate of drug-likeness (QED) is 0.241. The molecule has 0 heterocycles. The third-order valence-electron chi connectivity index (χ3n) is 3.87. The largest absolute Gasteiger partial charge is 1.00 e. The number of aryl methyl sites for hydroxylation is 1. The molecule has 9 nitrogen and oxygen atoms in total. The molecular weight excluding hydrogens is 454 g/mol. The summed E-state index contributed by atoms with van der Waals surface area (Å²) in [6, 6.07) is 10.6. The van der Waals surface area contributed by atoms with E-state index in [9.17, 15) is 31.0 Å². The first kappa shape index (κ1) is 27.2. The Labute approximate surface area is 217 Å². The summed E-state index contributed by atoms with van der Waals surface area (Å²) in [7, 11) is -9.75. The van der Waals surface area contributed by atoms with Gasteiger partial charge in [0, 0.05) is 5.39 Å². The van der Waals surface area contributed by atoms with Gasteiger partial charge in [0.25, 0.3) is 10.1 Å². The van der Waals surface area contributed by atoms with E-state index in [1.54, 1.807) is 24.3 Å². The van der Waals surface area contributed by atoms with Crippen LogP contribution in [0, 0.1) is 6.92 Å². The molecule has 0 spiro atoms. The van der Waals surface area contributed by atoms with Crippen LogP contribution < -0.4 is 64.2 Å². The van der Waals surface area contributed by atoms with E-state index in [0.29, 0.717) is 5.69 Å². The van der Waals surface area contributed by atoms with Crippen molar-refractivity contribution in [2.45, 2.75) is 16.7 Å². The van der Waals surface area contributed by atoms with Crippen LogP contribution >= 0.6 is 0 Å². The molecule has 0 fully saturated rings. The van der Waals surface area contributed by atoms with Crippen LogP contribution in [0.3, 0.4) is 0 Å². The number of hydrogen-bond acceptors (Lipinski definition) is 8. The third kappa shape index (κ3) is 6.10. The van der Waals surface area contributed by atoms with Gasteiger partial charge in [-0.05, 0) is 42.6 Å². The van der Waals surface area contributed by atoms with Crippen LogP contribution in [0.2, 0.25) is 0 Å². The Balaban J connectivity index is 0.00000225. The molecule has 0 saturated heterocycles. The van der Waals surface area contributed by atoms with Gasteiger partial charge < -0.3 is 9.66 Å². The Hall–Kier alpha value is -0.860. The molecule has 30 heavy (non-hydrogen) atoms. The molecule has 0 amide bonds. The fourth-order valence-electron chi connectivity index (χ4n) is 2.49.